The predicted octanol–water partition coefficient (Wildman–Crippen LogP) is 3.53. The lowest BCUT2D eigenvalue weighted by molar-refractivity contribution is -0.144. The van der Waals surface area contributed by atoms with Gasteiger partial charge in [-0.15, -0.1) is 23.2 Å². The average molecular weight is 561 g/mol. The van der Waals surface area contributed by atoms with E-state index in [0.29, 0.717) is 6.42 Å². The van der Waals surface area contributed by atoms with E-state index in [2.05, 4.69) is 10.6 Å². The van der Waals surface area contributed by atoms with Crippen LogP contribution >= 0.6 is 23.2 Å². The summed E-state index contributed by atoms with van der Waals surface area (Å²) < 4.78 is 4.26. The maximum absolute atomic E-state index is 14.0. The molecule has 0 aromatic rings. The number of rotatable bonds is 9. The van der Waals surface area contributed by atoms with Crippen LogP contribution in [0.5, 0.6) is 0 Å². The summed E-state index contributed by atoms with van der Waals surface area (Å²) in [5.41, 5.74) is -0.740. The van der Waals surface area contributed by atoms with Crippen molar-refractivity contribution in [1.82, 2.24) is 15.5 Å². The van der Waals surface area contributed by atoms with Gasteiger partial charge in [0.2, 0.25) is 17.6 Å². The van der Waals surface area contributed by atoms with Crippen LogP contribution in [0.3, 0.4) is 0 Å². The number of likely N-dealkylation sites (tertiary alicyclic amines) is 1. The molecule has 1 heterocycles. The molecule has 3 aliphatic rings. The smallest absolute Gasteiger partial charge is 0.408 e. The number of ether oxygens (including phenoxy) is 1. The number of ketones is 2. The standard InChI is InChI=1S/C26H39Cl2N3O6/c1-6-10-17(21(33)14(2)32)29-22(34)20-18-16(26(18,27)28)13-31(20)23(35)19(15-11-8-7-9-12-15)30-24(36)37-25(3,4)5/h15-20H,6-13H2,1-5H3,(H,29,34)(H,30,36)/t16-,17?,18-,19-,20-/m0/s1. The molecule has 2 saturated carbocycles. The number of nitrogens with one attached hydrogen (secondary N) is 2. The average Bonchev–Trinajstić information content (AvgIpc) is 3.14. The van der Waals surface area contributed by atoms with E-state index >= 15 is 0 Å². The van der Waals surface area contributed by atoms with E-state index < -0.39 is 57.5 Å². The van der Waals surface area contributed by atoms with Gasteiger partial charge in [-0.05, 0) is 46.0 Å². The van der Waals surface area contributed by atoms with Gasteiger partial charge in [0, 0.05) is 25.3 Å². The number of fused-ring (bicyclic) bond motifs is 1. The van der Waals surface area contributed by atoms with E-state index in [1.54, 1.807) is 20.8 Å². The Bertz CT molecular complexity index is 928. The van der Waals surface area contributed by atoms with Crippen LogP contribution in [0.4, 0.5) is 4.79 Å². The van der Waals surface area contributed by atoms with Gasteiger partial charge in [0.1, 0.15) is 22.0 Å². The Kier molecular flexibility index (Phi) is 9.21. The minimum Gasteiger partial charge on any atom is -0.444 e. The molecule has 208 valence electrons. The van der Waals surface area contributed by atoms with Gasteiger partial charge in [-0.2, -0.15) is 0 Å². The summed E-state index contributed by atoms with van der Waals surface area (Å²) >= 11 is 12.9. The normalized spacial score (nSPS) is 26.5. The van der Waals surface area contributed by atoms with Gasteiger partial charge >= 0.3 is 6.09 Å². The molecule has 3 fully saturated rings. The fourth-order valence-electron chi connectivity index (χ4n) is 5.66. The first-order valence-corrected chi connectivity index (χ1v) is 14.0. The Morgan fingerprint density at radius 2 is 1.68 bits per heavy atom. The number of carbonyl (C=O) groups excluding carboxylic acids is 5. The van der Waals surface area contributed by atoms with Crippen molar-refractivity contribution in [1.29, 1.82) is 0 Å². The largest absolute Gasteiger partial charge is 0.444 e. The molecular formula is C26H39Cl2N3O6. The topological polar surface area (TPSA) is 122 Å². The number of piperidine rings is 1. The molecule has 11 heteroatoms. The van der Waals surface area contributed by atoms with Crippen molar-refractivity contribution in [3.63, 3.8) is 0 Å². The molecule has 2 aliphatic carbocycles. The SMILES string of the molecule is CCCC(NC(=O)[C@@H]1[C@@H]2[C@H](CN1C(=O)[C@@H](NC(=O)OC(C)(C)C)C1CCCCC1)C2(Cl)Cl)C(=O)C(C)=O. The lowest BCUT2D eigenvalue weighted by Gasteiger charge is -2.36. The summed E-state index contributed by atoms with van der Waals surface area (Å²) in [6.45, 7) is 8.40. The number of alkyl halides is 2. The van der Waals surface area contributed by atoms with E-state index in [-0.39, 0.29) is 30.7 Å². The molecule has 3 rings (SSSR count). The fraction of sp³-hybridized carbons (Fsp3) is 0.808. The van der Waals surface area contributed by atoms with Crippen LogP contribution in [0.1, 0.15) is 79.6 Å². The van der Waals surface area contributed by atoms with Gasteiger partial charge < -0.3 is 20.3 Å². The van der Waals surface area contributed by atoms with E-state index in [4.69, 9.17) is 27.9 Å². The summed E-state index contributed by atoms with van der Waals surface area (Å²) in [6, 6.07) is -2.87. The summed E-state index contributed by atoms with van der Waals surface area (Å²) in [4.78, 5) is 65.7. The lowest BCUT2D eigenvalue weighted by atomic mass is 9.83. The number of halogens is 2. The van der Waals surface area contributed by atoms with Crippen LogP contribution < -0.4 is 10.6 Å². The van der Waals surface area contributed by atoms with E-state index in [1.165, 1.54) is 11.8 Å². The summed E-state index contributed by atoms with van der Waals surface area (Å²) in [7, 11) is 0. The number of hydrogen-bond acceptors (Lipinski definition) is 6. The molecule has 0 radical (unpaired) electrons. The van der Waals surface area contributed by atoms with Gasteiger partial charge in [0.15, 0.2) is 5.78 Å². The highest BCUT2D eigenvalue weighted by Crippen LogP contribution is 2.65. The number of amides is 3. The molecule has 9 nitrogen and oxygen atoms in total. The molecule has 1 aliphatic heterocycles. The number of Topliss-reactive ketones (excluding diaryl/α,β-unsaturated/α-hetero) is 2. The van der Waals surface area contributed by atoms with Gasteiger partial charge in [-0.25, -0.2) is 4.79 Å². The van der Waals surface area contributed by atoms with Crippen LogP contribution in [0.2, 0.25) is 0 Å². The first-order chi connectivity index (χ1) is 17.2. The molecular weight excluding hydrogens is 521 g/mol. The third-order valence-electron chi connectivity index (χ3n) is 7.50. The van der Waals surface area contributed by atoms with E-state index in [9.17, 15) is 24.0 Å². The lowest BCUT2D eigenvalue weighted by Crippen LogP contribution is -2.59. The highest BCUT2D eigenvalue weighted by molar-refractivity contribution is 6.51. The summed E-state index contributed by atoms with van der Waals surface area (Å²) in [5, 5.41) is 5.45. The summed E-state index contributed by atoms with van der Waals surface area (Å²) in [6.07, 6.45) is 4.65. The first-order valence-electron chi connectivity index (χ1n) is 13.2. The fourth-order valence-corrected chi connectivity index (χ4v) is 6.48. The molecule has 37 heavy (non-hydrogen) atoms. The molecule has 0 aromatic heterocycles. The van der Waals surface area contributed by atoms with Crippen molar-refractivity contribution in [2.75, 3.05) is 6.54 Å². The molecule has 1 unspecified atom stereocenters. The third kappa shape index (κ3) is 6.77. The molecule has 3 amide bonds. The minimum absolute atomic E-state index is 0.0988. The molecule has 2 N–H and O–H groups in total. The second-order valence-electron chi connectivity index (χ2n) is 11.5. The quantitative estimate of drug-likeness (QED) is 0.329. The molecule has 0 spiro atoms. The van der Waals surface area contributed by atoms with Crippen LogP contribution in [0.25, 0.3) is 0 Å². The Hall–Kier alpha value is -1.87. The maximum atomic E-state index is 14.0. The van der Waals surface area contributed by atoms with Gasteiger partial charge in [0.25, 0.3) is 0 Å². The zero-order valence-electron chi connectivity index (χ0n) is 22.3. The minimum atomic E-state index is -1.16. The van der Waals surface area contributed by atoms with Crippen molar-refractivity contribution < 1.29 is 28.7 Å². The second-order valence-corrected chi connectivity index (χ2v) is 13.0. The first kappa shape index (κ1) is 29.7. The number of alkyl carbamates (subject to hydrolysis) is 1. The Labute approximate surface area is 228 Å². The highest BCUT2D eigenvalue weighted by atomic mass is 35.5. The van der Waals surface area contributed by atoms with Crippen molar-refractivity contribution in [3.05, 3.63) is 0 Å². The van der Waals surface area contributed by atoms with Crippen molar-refractivity contribution in [2.45, 2.75) is 108 Å². The molecule has 5 atom stereocenters. The van der Waals surface area contributed by atoms with Gasteiger partial charge in [-0.1, -0.05) is 32.6 Å². The Morgan fingerprint density at radius 3 is 2.22 bits per heavy atom. The highest BCUT2D eigenvalue weighted by Gasteiger charge is 2.74. The summed E-state index contributed by atoms with van der Waals surface area (Å²) in [5.74, 6) is -3.21. The number of carbonyl (C=O) groups is 5. The number of hydrogen-bond donors (Lipinski definition) is 2. The van der Waals surface area contributed by atoms with Gasteiger partial charge in [-0.3, -0.25) is 19.2 Å². The second kappa shape index (κ2) is 11.5. The van der Waals surface area contributed by atoms with Gasteiger partial charge in [0.05, 0.1) is 6.04 Å². The monoisotopic (exact) mass is 559 g/mol. The van der Waals surface area contributed by atoms with Crippen LogP contribution in [0, 0.1) is 17.8 Å². The zero-order chi connectivity index (χ0) is 27.7. The Balaban J connectivity index is 1.85. The number of nitrogens with zero attached hydrogens (tertiary/aromatic N) is 1. The van der Waals surface area contributed by atoms with Crippen LogP contribution in [0.15, 0.2) is 0 Å². The maximum Gasteiger partial charge on any atom is 0.408 e. The molecule has 0 aromatic carbocycles. The van der Waals surface area contributed by atoms with Crippen molar-refractivity contribution in [3.8, 4) is 0 Å². The molecule has 0 bridgehead atoms. The predicted molar refractivity (Wildman–Crippen MR) is 139 cm³/mol. The van der Waals surface area contributed by atoms with Crippen LogP contribution in [-0.4, -0.2) is 69.0 Å². The third-order valence-corrected chi connectivity index (χ3v) is 8.57. The Morgan fingerprint density at radius 1 is 1.05 bits per heavy atom. The van der Waals surface area contributed by atoms with Crippen molar-refractivity contribution in [2.24, 2.45) is 17.8 Å². The van der Waals surface area contributed by atoms with Crippen LogP contribution in [-0.2, 0) is 23.9 Å². The van der Waals surface area contributed by atoms with E-state index in [1.807, 2.05) is 6.92 Å². The zero-order valence-corrected chi connectivity index (χ0v) is 23.8. The van der Waals surface area contributed by atoms with Crippen molar-refractivity contribution >= 4 is 52.7 Å². The molecule has 1 saturated heterocycles. The van der Waals surface area contributed by atoms with E-state index in [0.717, 1.165) is 32.1 Å².